The van der Waals surface area contributed by atoms with Gasteiger partial charge in [-0.3, -0.25) is 0 Å². The van der Waals surface area contributed by atoms with Crippen molar-refractivity contribution >= 4 is 11.9 Å². The second-order valence-electron chi connectivity index (χ2n) is 2.79. The first-order valence-corrected chi connectivity index (χ1v) is 4.59. The van der Waals surface area contributed by atoms with Crippen LogP contribution in [0.3, 0.4) is 0 Å². The predicted octanol–water partition coefficient (Wildman–Crippen LogP) is -2.32. The van der Waals surface area contributed by atoms with E-state index in [4.69, 9.17) is 0 Å². The second kappa shape index (κ2) is 8.80. The van der Waals surface area contributed by atoms with E-state index in [0.29, 0.717) is 0 Å². The van der Waals surface area contributed by atoms with E-state index >= 15 is 0 Å². The van der Waals surface area contributed by atoms with Crippen LogP contribution in [0.2, 0.25) is 0 Å². The topological polar surface area (TPSA) is 132 Å². The van der Waals surface area contributed by atoms with Gasteiger partial charge in [0.25, 0.3) is 0 Å². The molecule has 0 fully saturated rings. The minimum absolute atomic E-state index is 0. The van der Waals surface area contributed by atoms with E-state index in [1.165, 1.54) is 36.7 Å². The average Bonchev–Trinajstić information content (AvgIpc) is 2.41. The van der Waals surface area contributed by atoms with Crippen LogP contribution in [0, 0.1) is 0 Å². The number of rotatable bonds is 2. The Morgan fingerprint density at radius 2 is 1.21 bits per heavy atom. The number of nitrogens with zero attached hydrogens (tertiary/aromatic N) is 4. The molecule has 0 aromatic carbocycles. The van der Waals surface area contributed by atoms with E-state index in [1.54, 1.807) is 0 Å². The van der Waals surface area contributed by atoms with Crippen molar-refractivity contribution in [2.45, 2.75) is 0 Å². The Balaban J connectivity index is 0.000000324. The van der Waals surface area contributed by atoms with Gasteiger partial charge in [-0.05, 0) is 24.3 Å². The molecule has 0 spiro atoms. The fraction of sp³-hybridized carbons (Fsp3) is 0. The van der Waals surface area contributed by atoms with Crippen molar-refractivity contribution in [2.75, 3.05) is 0 Å². The molecule has 2 aromatic heterocycles. The number of carboxylic acids is 2. The molecule has 0 N–H and O–H groups in total. The molecular formula is C10H6N4O4Pd. The largest absolute Gasteiger partial charge is 2.00 e. The van der Waals surface area contributed by atoms with E-state index in [2.05, 4.69) is 20.4 Å². The van der Waals surface area contributed by atoms with E-state index in [9.17, 15) is 19.8 Å². The van der Waals surface area contributed by atoms with Crippen LogP contribution in [-0.4, -0.2) is 32.3 Å². The maximum absolute atomic E-state index is 9.99. The third kappa shape index (κ3) is 6.30. The third-order valence-corrected chi connectivity index (χ3v) is 1.56. The van der Waals surface area contributed by atoms with E-state index in [1.807, 2.05) is 0 Å². The number of carbonyl (C=O) groups excluding carboxylic acids is 2. The van der Waals surface area contributed by atoms with Gasteiger partial charge in [0.05, 0.1) is 11.9 Å². The molecule has 0 unspecified atom stereocenters. The van der Waals surface area contributed by atoms with Crippen LogP contribution in [0.25, 0.3) is 0 Å². The summed E-state index contributed by atoms with van der Waals surface area (Å²) >= 11 is 0. The van der Waals surface area contributed by atoms with Crippen LogP contribution < -0.4 is 10.2 Å². The quantitative estimate of drug-likeness (QED) is 0.550. The number of carboxylic acid groups (broad SMARTS) is 2. The molecule has 0 aliphatic carbocycles. The summed E-state index contributed by atoms with van der Waals surface area (Å²) in [5, 5.41) is 33.2. The molecular weight excluding hydrogens is 347 g/mol. The summed E-state index contributed by atoms with van der Waals surface area (Å²) in [6.45, 7) is 0. The van der Waals surface area contributed by atoms with Gasteiger partial charge >= 0.3 is 20.4 Å². The van der Waals surface area contributed by atoms with Crippen molar-refractivity contribution in [2.24, 2.45) is 0 Å². The molecule has 0 bridgehead atoms. The van der Waals surface area contributed by atoms with Crippen LogP contribution >= 0.6 is 0 Å². The predicted molar refractivity (Wildman–Crippen MR) is 52.7 cm³/mol. The standard InChI is InChI=1S/2C5H4N2O2.Pd/c2*8-5(9)4-2-1-3-6-7-4;/h2*1-3H,(H,8,9);/q;;+2/p-2. The smallest absolute Gasteiger partial charge is 0.543 e. The van der Waals surface area contributed by atoms with Gasteiger partial charge < -0.3 is 19.8 Å². The van der Waals surface area contributed by atoms with Gasteiger partial charge in [-0.2, -0.15) is 10.2 Å². The Morgan fingerprint density at radius 1 is 0.842 bits per heavy atom. The normalized spacial score (nSPS) is 8.42. The molecule has 2 rings (SSSR count). The fourth-order valence-corrected chi connectivity index (χ4v) is 0.821. The molecule has 8 nitrogen and oxygen atoms in total. The number of aromatic carboxylic acids is 2. The van der Waals surface area contributed by atoms with Crippen LogP contribution in [0.1, 0.15) is 21.0 Å². The Morgan fingerprint density at radius 3 is 1.37 bits per heavy atom. The minimum atomic E-state index is -1.30. The molecule has 0 aliphatic rings. The van der Waals surface area contributed by atoms with Crippen molar-refractivity contribution in [1.82, 2.24) is 20.4 Å². The fourth-order valence-electron chi connectivity index (χ4n) is 0.821. The summed E-state index contributed by atoms with van der Waals surface area (Å²) in [5.41, 5.74) is -0.282. The summed E-state index contributed by atoms with van der Waals surface area (Å²) in [6, 6.07) is 5.61. The number of hydrogen-bond acceptors (Lipinski definition) is 8. The molecule has 0 amide bonds. The summed E-state index contributed by atoms with van der Waals surface area (Å²) in [5.74, 6) is -2.61. The van der Waals surface area contributed by atoms with Crippen molar-refractivity contribution < 1.29 is 40.2 Å². The van der Waals surface area contributed by atoms with Crippen molar-refractivity contribution in [3.05, 3.63) is 48.0 Å². The number of hydrogen-bond donors (Lipinski definition) is 0. The van der Waals surface area contributed by atoms with Gasteiger partial charge in [-0.25, -0.2) is 0 Å². The maximum Gasteiger partial charge on any atom is 2.00 e. The zero-order valence-electron chi connectivity index (χ0n) is 9.20. The number of carbonyl (C=O) groups is 2. The molecule has 9 heteroatoms. The van der Waals surface area contributed by atoms with Crippen LogP contribution in [0.5, 0.6) is 0 Å². The summed E-state index contributed by atoms with van der Waals surface area (Å²) < 4.78 is 0. The molecule has 0 aliphatic heterocycles. The molecule has 0 atom stereocenters. The Labute approximate surface area is 121 Å². The maximum atomic E-state index is 9.99. The zero-order chi connectivity index (χ0) is 13.4. The summed E-state index contributed by atoms with van der Waals surface area (Å²) in [6.07, 6.45) is 2.79. The molecule has 2 heterocycles. The Hall–Kier alpha value is -2.24. The summed E-state index contributed by atoms with van der Waals surface area (Å²) in [7, 11) is 0. The van der Waals surface area contributed by atoms with Gasteiger partial charge in [0.1, 0.15) is 11.4 Å². The molecule has 0 saturated carbocycles. The molecule has 2 aromatic rings. The van der Waals surface area contributed by atoms with Crippen molar-refractivity contribution in [3.8, 4) is 0 Å². The first kappa shape index (κ1) is 16.8. The van der Waals surface area contributed by atoms with Crippen molar-refractivity contribution in [1.29, 1.82) is 0 Å². The first-order valence-electron chi connectivity index (χ1n) is 4.59. The first-order chi connectivity index (χ1) is 8.61. The minimum Gasteiger partial charge on any atom is -0.543 e. The molecule has 0 saturated heterocycles. The zero-order valence-corrected chi connectivity index (χ0v) is 10.8. The van der Waals surface area contributed by atoms with Crippen LogP contribution in [-0.2, 0) is 20.4 Å². The second-order valence-corrected chi connectivity index (χ2v) is 2.79. The third-order valence-electron chi connectivity index (χ3n) is 1.56. The van der Waals surface area contributed by atoms with Crippen LogP contribution in [0.4, 0.5) is 0 Å². The van der Waals surface area contributed by atoms with E-state index < -0.39 is 11.9 Å². The molecule has 19 heavy (non-hydrogen) atoms. The van der Waals surface area contributed by atoms with Gasteiger partial charge in [0, 0.05) is 12.4 Å². The van der Waals surface area contributed by atoms with Gasteiger partial charge in [0.2, 0.25) is 0 Å². The van der Waals surface area contributed by atoms with Gasteiger partial charge in [-0.15, -0.1) is 10.2 Å². The van der Waals surface area contributed by atoms with Crippen molar-refractivity contribution in [3.63, 3.8) is 0 Å². The molecule has 0 radical (unpaired) electrons. The van der Waals surface area contributed by atoms with E-state index in [-0.39, 0.29) is 31.8 Å². The van der Waals surface area contributed by atoms with Gasteiger partial charge in [0.15, 0.2) is 0 Å². The Kier molecular flexibility index (Phi) is 7.76. The van der Waals surface area contributed by atoms with E-state index in [0.717, 1.165) is 0 Å². The van der Waals surface area contributed by atoms with Crippen LogP contribution in [0.15, 0.2) is 36.7 Å². The Bertz CT molecular complexity index is 474. The monoisotopic (exact) mass is 352 g/mol. The SMILES string of the molecule is O=C([O-])c1cccnn1.O=C([O-])c1cccnn1.[Pd+2]. The van der Waals surface area contributed by atoms with Gasteiger partial charge in [-0.1, -0.05) is 0 Å². The molecule has 100 valence electrons. The summed E-state index contributed by atoms with van der Waals surface area (Å²) in [4.78, 5) is 20.0. The number of aromatic nitrogens is 4. The average molecular weight is 353 g/mol.